The summed E-state index contributed by atoms with van der Waals surface area (Å²) >= 11 is 0. The van der Waals surface area contributed by atoms with Crippen molar-refractivity contribution >= 4 is 11.6 Å². The molecule has 1 aromatic rings. The largest absolute Gasteiger partial charge is 0.377 e. The van der Waals surface area contributed by atoms with E-state index in [0.717, 1.165) is 30.8 Å². The molecule has 4 nitrogen and oxygen atoms in total. The normalized spacial score (nSPS) is 22.8. The van der Waals surface area contributed by atoms with E-state index in [-0.39, 0.29) is 5.91 Å². The minimum Gasteiger partial charge on any atom is -0.377 e. The fourth-order valence-electron chi connectivity index (χ4n) is 3.72. The fraction of sp³-hybridized carbons (Fsp3) is 0.611. The van der Waals surface area contributed by atoms with Crippen LogP contribution in [0.4, 0.5) is 5.69 Å². The summed E-state index contributed by atoms with van der Waals surface area (Å²) in [6, 6.07) is 8.48. The molecule has 0 saturated carbocycles. The summed E-state index contributed by atoms with van der Waals surface area (Å²) in [4.78, 5) is 19.5. The fourth-order valence-corrected chi connectivity index (χ4v) is 3.72. The van der Waals surface area contributed by atoms with E-state index >= 15 is 0 Å². The van der Waals surface area contributed by atoms with Crippen molar-refractivity contribution in [1.82, 2.24) is 9.80 Å². The van der Waals surface area contributed by atoms with Crippen LogP contribution in [-0.4, -0.2) is 62.0 Å². The van der Waals surface area contributed by atoms with E-state index in [2.05, 4.69) is 4.90 Å². The Morgan fingerprint density at radius 2 is 1.82 bits per heavy atom. The predicted octanol–water partition coefficient (Wildman–Crippen LogP) is 2.45. The quantitative estimate of drug-likeness (QED) is 0.858. The highest BCUT2D eigenvalue weighted by Gasteiger charge is 2.32. The lowest BCUT2D eigenvalue weighted by Crippen LogP contribution is -2.41. The summed E-state index contributed by atoms with van der Waals surface area (Å²) in [5.74, 6) is 0.184. The summed E-state index contributed by atoms with van der Waals surface area (Å²) in [6.45, 7) is 4.20. The van der Waals surface area contributed by atoms with Gasteiger partial charge in [-0.3, -0.25) is 9.69 Å². The van der Waals surface area contributed by atoms with Crippen molar-refractivity contribution < 1.29 is 4.79 Å². The van der Waals surface area contributed by atoms with Crippen molar-refractivity contribution in [1.29, 1.82) is 0 Å². The van der Waals surface area contributed by atoms with Gasteiger partial charge in [-0.1, -0.05) is 18.6 Å². The molecule has 1 aromatic carbocycles. The first-order chi connectivity index (χ1) is 10.7. The van der Waals surface area contributed by atoms with Crippen molar-refractivity contribution in [3.8, 4) is 0 Å². The van der Waals surface area contributed by atoms with E-state index in [9.17, 15) is 4.79 Å². The number of benzene rings is 1. The first-order valence-corrected chi connectivity index (χ1v) is 8.46. The number of piperidine rings is 1. The minimum absolute atomic E-state index is 0.184. The molecule has 0 radical (unpaired) electrons. The topological polar surface area (TPSA) is 26.8 Å². The van der Waals surface area contributed by atoms with Gasteiger partial charge < -0.3 is 9.80 Å². The van der Waals surface area contributed by atoms with Crippen LogP contribution in [0, 0.1) is 0 Å². The molecule has 1 atom stereocenters. The van der Waals surface area contributed by atoms with Gasteiger partial charge in [0.1, 0.15) is 0 Å². The second kappa shape index (κ2) is 6.69. The van der Waals surface area contributed by atoms with Crippen LogP contribution in [0.3, 0.4) is 0 Å². The summed E-state index contributed by atoms with van der Waals surface area (Å²) in [7, 11) is 3.99. The Morgan fingerprint density at radius 3 is 2.55 bits per heavy atom. The molecule has 3 rings (SSSR count). The van der Waals surface area contributed by atoms with E-state index < -0.39 is 0 Å². The second-order valence-electron chi connectivity index (χ2n) is 6.70. The van der Waals surface area contributed by atoms with E-state index in [0.29, 0.717) is 6.04 Å². The van der Waals surface area contributed by atoms with E-state index in [1.807, 2.05) is 48.2 Å². The number of hydrogen-bond acceptors (Lipinski definition) is 3. The van der Waals surface area contributed by atoms with Gasteiger partial charge in [0.15, 0.2) is 0 Å². The maximum atomic E-state index is 12.9. The van der Waals surface area contributed by atoms with Gasteiger partial charge in [0.05, 0.1) is 5.56 Å². The molecule has 120 valence electrons. The molecule has 2 heterocycles. The lowest BCUT2D eigenvalue weighted by molar-refractivity contribution is 0.0772. The number of amides is 1. The van der Waals surface area contributed by atoms with Gasteiger partial charge in [-0.25, -0.2) is 0 Å². The molecule has 2 aliphatic rings. The van der Waals surface area contributed by atoms with Crippen LogP contribution in [0.15, 0.2) is 24.3 Å². The number of likely N-dealkylation sites (tertiary alicyclic amines) is 2. The lowest BCUT2D eigenvalue weighted by Gasteiger charge is -2.32. The van der Waals surface area contributed by atoms with Crippen molar-refractivity contribution in [2.24, 2.45) is 0 Å². The van der Waals surface area contributed by atoms with Gasteiger partial charge in [0.2, 0.25) is 0 Å². The lowest BCUT2D eigenvalue weighted by atomic mass is 10.1. The minimum atomic E-state index is 0.184. The van der Waals surface area contributed by atoms with Gasteiger partial charge in [0, 0.05) is 38.9 Å². The summed E-state index contributed by atoms with van der Waals surface area (Å²) < 4.78 is 0. The molecule has 22 heavy (non-hydrogen) atoms. The standard InChI is InChI=1S/C18H27N3O/c1-19(2)17-9-5-4-8-16(17)18(22)21-13-10-15(14-21)20-11-6-3-7-12-20/h4-5,8-9,15H,3,6-7,10-14H2,1-2H3/t15-/m1/s1. The Hall–Kier alpha value is -1.55. The molecule has 4 heteroatoms. The van der Waals surface area contributed by atoms with Crippen LogP contribution in [0.25, 0.3) is 0 Å². The SMILES string of the molecule is CN(C)c1ccccc1C(=O)N1CC[C@@H](N2CCCCC2)C1. The first kappa shape index (κ1) is 15.3. The number of carbonyl (C=O) groups excluding carboxylic acids is 1. The van der Waals surface area contributed by atoms with Crippen molar-refractivity contribution in [3.05, 3.63) is 29.8 Å². The van der Waals surface area contributed by atoms with Gasteiger partial charge in [-0.2, -0.15) is 0 Å². The highest BCUT2D eigenvalue weighted by molar-refractivity contribution is 5.99. The molecule has 0 aliphatic carbocycles. The van der Waals surface area contributed by atoms with Crippen LogP contribution < -0.4 is 4.90 Å². The summed E-state index contributed by atoms with van der Waals surface area (Å²) in [6.07, 6.45) is 5.11. The van der Waals surface area contributed by atoms with Gasteiger partial charge in [-0.15, -0.1) is 0 Å². The molecule has 0 unspecified atom stereocenters. The zero-order valence-corrected chi connectivity index (χ0v) is 13.8. The zero-order chi connectivity index (χ0) is 15.5. The highest BCUT2D eigenvalue weighted by Crippen LogP contribution is 2.25. The van der Waals surface area contributed by atoms with Gasteiger partial charge >= 0.3 is 0 Å². The number of hydrogen-bond donors (Lipinski definition) is 0. The number of para-hydroxylation sites is 1. The molecule has 0 N–H and O–H groups in total. The maximum Gasteiger partial charge on any atom is 0.256 e. The zero-order valence-electron chi connectivity index (χ0n) is 13.8. The number of anilines is 1. The van der Waals surface area contributed by atoms with E-state index in [1.54, 1.807) is 0 Å². The van der Waals surface area contributed by atoms with Crippen LogP contribution in [0.5, 0.6) is 0 Å². The molecule has 0 bridgehead atoms. The number of nitrogens with zero attached hydrogens (tertiary/aromatic N) is 3. The molecule has 1 amide bonds. The van der Waals surface area contributed by atoms with Gasteiger partial charge in [0.25, 0.3) is 5.91 Å². The number of carbonyl (C=O) groups is 1. The third-order valence-electron chi connectivity index (χ3n) is 4.97. The third kappa shape index (κ3) is 3.12. The third-order valence-corrected chi connectivity index (χ3v) is 4.97. The Labute approximate surface area is 133 Å². The van der Waals surface area contributed by atoms with E-state index in [4.69, 9.17) is 0 Å². The van der Waals surface area contributed by atoms with Crippen LogP contribution in [-0.2, 0) is 0 Å². The highest BCUT2D eigenvalue weighted by atomic mass is 16.2. The average Bonchev–Trinajstić information content (AvgIpc) is 3.05. The average molecular weight is 301 g/mol. The van der Waals surface area contributed by atoms with Crippen LogP contribution in [0.1, 0.15) is 36.0 Å². The molecule has 0 aromatic heterocycles. The maximum absolute atomic E-state index is 12.9. The van der Waals surface area contributed by atoms with Crippen molar-refractivity contribution in [2.75, 3.05) is 45.2 Å². The Bertz CT molecular complexity index is 523. The number of rotatable bonds is 3. The van der Waals surface area contributed by atoms with Crippen LogP contribution >= 0.6 is 0 Å². The monoisotopic (exact) mass is 301 g/mol. The van der Waals surface area contributed by atoms with E-state index in [1.165, 1.54) is 32.4 Å². The molecule has 2 fully saturated rings. The summed E-state index contributed by atoms with van der Waals surface area (Å²) in [5.41, 5.74) is 1.83. The van der Waals surface area contributed by atoms with Crippen molar-refractivity contribution in [2.45, 2.75) is 31.7 Å². The Balaban J connectivity index is 1.69. The summed E-state index contributed by atoms with van der Waals surface area (Å²) in [5, 5.41) is 0. The predicted molar refractivity (Wildman–Crippen MR) is 90.5 cm³/mol. The molecular formula is C18H27N3O. The molecular weight excluding hydrogens is 274 g/mol. The molecule has 2 saturated heterocycles. The second-order valence-corrected chi connectivity index (χ2v) is 6.70. The first-order valence-electron chi connectivity index (χ1n) is 8.46. The smallest absolute Gasteiger partial charge is 0.256 e. The molecule has 2 aliphatic heterocycles. The Morgan fingerprint density at radius 1 is 1.09 bits per heavy atom. The molecule has 0 spiro atoms. The van der Waals surface area contributed by atoms with Crippen molar-refractivity contribution in [3.63, 3.8) is 0 Å². The van der Waals surface area contributed by atoms with Crippen LogP contribution in [0.2, 0.25) is 0 Å². The van der Waals surface area contributed by atoms with Gasteiger partial charge in [-0.05, 0) is 44.5 Å². The Kier molecular flexibility index (Phi) is 4.67.